The third-order valence-electron chi connectivity index (χ3n) is 4.86. The molecule has 1 saturated heterocycles. The van der Waals surface area contributed by atoms with Gasteiger partial charge in [-0.05, 0) is 49.7 Å². The number of carbonyl (C=O) groups is 1. The van der Waals surface area contributed by atoms with Gasteiger partial charge >= 0.3 is 6.18 Å². The average molecular weight is 426 g/mol. The van der Waals surface area contributed by atoms with Crippen LogP contribution >= 0.6 is 0 Å². The van der Waals surface area contributed by atoms with E-state index in [-0.39, 0.29) is 30.1 Å². The number of amides is 1. The summed E-state index contributed by atoms with van der Waals surface area (Å²) in [6.07, 6.45) is -4.02. The van der Waals surface area contributed by atoms with Crippen LogP contribution in [-0.2, 0) is 16.2 Å². The monoisotopic (exact) mass is 426 g/mol. The Bertz CT molecular complexity index is 972. The average Bonchev–Trinajstić information content (AvgIpc) is 2.94. The molecular formula is C20H21F3N2O3S. The summed E-state index contributed by atoms with van der Waals surface area (Å²) in [5, 5.41) is 0. The minimum Gasteiger partial charge on any atom is -0.337 e. The highest BCUT2D eigenvalue weighted by molar-refractivity contribution is 7.89. The molecule has 0 aliphatic carbocycles. The maximum atomic E-state index is 12.8. The molecule has 1 fully saturated rings. The molecule has 0 radical (unpaired) electrons. The number of carbonyl (C=O) groups excluding carboxylic acids is 1. The van der Waals surface area contributed by atoms with Crippen LogP contribution in [0.15, 0.2) is 53.4 Å². The van der Waals surface area contributed by atoms with E-state index in [1.165, 1.54) is 9.21 Å². The van der Waals surface area contributed by atoms with E-state index in [0.717, 1.165) is 29.8 Å². The fourth-order valence-electron chi connectivity index (χ4n) is 3.18. The van der Waals surface area contributed by atoms with Crippen LogP contribution in [0.2, 0.25) is 0 Å². The molecule has 0 spiro atoms. The lowest BCUT2D eigenvalue weighted by molar-refractivity contribution is -0.137. The molecule has 2 aromatic carbocycles. The summed E-state index contributed by atoms with van der Waals surface area (Å²) in [6.45, 7) is 2.77. The minimum atomic E-state index is -4.46. The van der Waals surface area contributed by atoms with Crippen LogP contribution in [0.1, 0.15) is 27.9 Å². The van der Waals surface area contributed by atoms with Crippen LogP contribution in [-0.4, -0.2) is 49.7 Å². The Balaban J connectivity index is 1.71. The Labute approximate surface area is 167 Å². The number of hydrogen-bond acceptors (Lipinski definition) is 3. The van der Waals surface area contributed by atoms with Crippen molar-refractivity contribution in [2.24, 2.45) is 0 Å². The van der Waals surface area contributed by atoms with E-state index < -0.39 is 27.7 Å². The van der Waals surface area contributed by atoms with Crippen LogP contribution in [0.3, 0.4) is 0 Å². The zero-order valence-electron chi connectivity index (χ0n) is 15.8. The molecule has 156 valence electrons. The predicted octanol–water partition coefficient (Wildman–Crippen LogP) is 3.55. The van der Waals surface area contributed by atoms with Crippen molar-refractivity contribution in [2.45, 2.75) is 24.4 Å². The second-order valence-electron chi connectivity index (χ2n) is 6.94. The molecule has 9 heteroatoms. The quantitative estimate of drug-likeness (QED) is 0.754. The van der Waals surface area contributed by atoms with Crippen molar-refractivity contribution < 1.29 is 26.4 Å². The summed E-state index contributed by atoms with van der Waals surface area (Å²) in [6, 6.07) is 10.6. The Kier molecular flexibility index (Phi) is 6.00. The number of alkyl halides is 3. The molecule has 0 unspecified atom stereocenters. The van der Waals surface area contributed by atoms with E-state index in [0.29, 0.717) is 13.0 Å². The molecule has 1 heterocycles. The van der Waals surface area contributed by atoms with Gasteiger partial charge in [-0.3, -0.25) is 4.79 Å². The Morgan fingerprint density at radius 3 is 2.10 bits per heavy atom. The number of benzene rings is 2. The largest absolute Gasteiger partial charge is 0.416 e. The van der Waals surface area contributed by atoms with Crippen LogP contribution in [0.4, 0.5) is 13.2 Å². The molecule has 0 N–H and O–H groups in total. The third-order valence-corrected chi connectivity index (χ3v) is 6.77. The van der Waals surface area contributed by atoms with Gasteiger partial charge < -0.3 is 4.90 Å². The number of aryl methyl sites for hydroxylation is 1. The SMILES string of the molecule is Cc1ccc(S(=O)(=O)N2CCCN(C(=O)c3ccc(C(F)(F)F)cc3)CC2)cc1. The lowest BCUT2D eigenvalue weighted by Gasteiger charge is -2.22. The van der Waals surface area contributed by atoms with Crippen molar-refractivity contribution in [3.63, 3.8) is 0 Å². The maximum Gasteiger partial charge on any atom is 0.416 e. The van der Waals surface area contributed by atoms with Crippen molar-refractivity contribution in [3.05, 3.63) is 65.2 Å². The van der Waals surface area contributed by atoms with E-state index in [1.54, 1.807) is 24.3 Å². The molecule has 0 bridgehead atoms. The smallest absolute Gasteiger partial charge is 0.337 e. The third kappa shape index (κ3) is 4.79. The van der Waals surface area contributed by atoms with Crippen LogP contribution < -0.4 is 0 Å². The second-order valence-corrected chi connectivity index (χ2v) is 8.88. The first-order valence-corrected chi connectivity index (χ1v) is 10.6. The lowest BCUT2D eigenvalue weighted by atomic mass is 10.1. The first-order chi connectivity index (χ1) is 13.6. The van der Waals surface area contributed by atoms with Gasteiger partial charge in [0.15, 0.2) is 0 Å². The summed E-state index contributed by atoms with van der Waals surface area (Å²) in [5.74, 6) is -0.409. The van der Waals surface area contributed by atoms with Crippen molar-refractivity contribution in [1.29, 1.82) is 0 Å². The van der Waals surface area contributed by atoms with Gasteiger partial charge in [0.1, 0.15) is 0 Å². The highest BCUT2D eigenvalue weighted by Crippen LogP contribution is 2.29. The van der Waals surface area contributed by atoms with Crippen molar-refractivity contribution >= 4 is 15.9 Å². The van der Waals surface area contributed by atoms with Gasteiger partial charge in [-0.1, -0.05) is 17.7 Å². The van der Waals surface area contributed by atoms with Crippen molar-refractivity contribution in [3.8, 4) is 0 Å². The molecule has 3 rings (SSSR count). The Morgan fingerprint density at radius 2 is 1.52 bits per heavy atom. The Morgan fingerprint density at radius 1 is 0.897 bits per heavy atom. The van der Waals surface area contributed by atoms with Crippen molar-refractivity contribution in [1.82, 2.24) is 9.21 Å². The number of sulfonamides is 1. The van der Waals surface area contributed by atoms with E-state index in [1.807, 2.05) is 6.92 Å². The molecular weight excluding hydrogens is 405 g/mol. The minimum absolute atomic E-state index is 0.128. The normalized spacial score (nSPS) is 16.5. The fourth-order valence-corrected chi connectivity index (χ4v) is 4.65. The molecule has 0 atom stereocenters. The second kappa shape index (κ2) is 8.16. The van der Waals surface area contributed by atoms with Crippen LogP contribution in [0.25, 0.3) is 0 Å². The fraction of sp³-hybridized carbons (Fsp3) is 0.350. The maximum absolute atomic E-state index is 12.8. The highest BCUT2D eigenvalue weighted by Gasteiger charge is 2.31. The van der Waals surface area contributed by atoms with E-state index in [9.17, 15) is 26.4 Å². The summed E-state index contributed by atoms with van der Waals surface area (Å²) < 4.78 is 65.1. The van der Waals surface area contributed by atoms with Gasteiger partial charge in [-0.15, -0.1) is 0 Å². The number of hydrogen-bond donors (Lipinski definition) is 0. The van der Waals surface area contributed by atoms with Gasteiger partial charge in [0.05, 0.1) is 10.5 Å². The van der Waals surface area contributed by atoms with Crippen LogP contribution in [0.5, 0.6) is 0 Å². The first-order valence-electron chi connectivity index (χ1n) is 9.12. The van der Waals surface area contributed by atoms with Gasteiger partial charge in [0.2, 0.25) is 10.0 Å². The molecule has 2 aromatic rings. The molecule has 1 amide bonds. The van der Waals surface area contributed by atoms with E-state index in [4.69, 9.17) is 0 Å². The summed E-state index contributed by atoms with van der Waals surface area (Å²) in [7, 11) is -3.67. The molecule has 1 aliphatic heterocycles. The predicted molar refractivity (Wildman–Crippen MR) is 102 cm³/mol. The zero-order chi connectivity index (χ0) is 21.2. The van der Waals surface area contributed by atoms with E-state index in [2.05, 4.69) is 0 Å². The summed E-state index contributed by atoms with van der Waals surface area (Å²) >= 11 is 0. The standard InChI is InChI=1S/C20H21F3N2O3S/c1-15-3-9-18(10-4-15)29(27,28)25-12-2-11-24(13-14-25)19(26)16-5-7-17(8-6-16)20(21,22)23/h3-10H,2,11-14H2,1H3. The molecule has 1 aliphatic rings. The Hall–Kier alpha value is -2.39. The summed E-state index contributed by atoms with van der Waals surface area (Å²) in [4.78, 5) is 14.3. The number of rotatable bonds is 3. The number of halogens is 3. The van der Waals surface area contributed by atoms with E-state index >= 15 is 0 Å². The van der Waals surface area contributed by atoms with Gasteiger partial charge in [0.25, 0.3) is 5.91 Å². The lowest BCUT2D eigenvalue weighted by Crippen LogP contribution is -2.37. The number of nitrogens with zero attached hydrogens (tertiary/aromatic N) is 2. The molecule has 29 heavy (non-hydrogen) atoms. The zero-order valence-corrected chi connectivity index (χ0v) is 16.6. The molecule has 0 aromatic heterocycles. The van der Waals surface area contributed by atoms with Gasteiger partial charge in [-0.2, -0.15) is 17.5 Å². The summed E-state index contributed by atoms with van der Waals surface area (Å²) in [5.41, 5.74) is 0.279. The molecule has 0 saturated carbocycles. The molecule has 5 nitrogen and oxygen atoms in total. The topological polar surface area (TPSA) is 57.7 Å². The first kappa shape index (κ1) is 21.3. The van der Waals surface area contributed by atoms with Gasteiger partial charge in [-0.25, -0.2) is 8.42 Å². The van der Waals surface area contributed by atoms with Crippen LogP contribution in [0, 0.1) is 6.92 Å². The van der Waals surface area contributed by atoms with Gasteiger partial charge in [0, 0.05) is 31.7 Å². The van der Waals surface area contributed by atoms with Crippen molar-refractivity contribution in [2.75, 3.05) is 26.2 Å². The highest BCUT2D eigenvalue weighted by atomic mass is 32.2.